The first-order chi connectivity index (χ1) is 7.20. The second kappa shape index (κ2) is 3.90. The van der Waals surface area contributed by atoms with Crippen molar-refractivity contribution in [2.45, 2.75) is 0 Å². The Morgan fingerprint density at radius 2 is 2.27 bits per heavy atom. The summed E-state index contributed by atoms with van der Waals surface area (Å²) in [6, 6.07) is 5.48. The molecule has 1 heterocycles. The molecule has 0 aliphatic heterocycles. The number of hydrogen-bond donors (Lipinski definition) is 2. The van der Waals surface area contributed by atoms with E-state index in [1.807, 2.05) is 12.1 Å². The van der Waals surface area contributed by atoms with Crippen molar-refractivity contribution in [3.05, 3.63) is 33.2 Å². The lowest BCUT2D eigenvalue weighted by Gasteiger charge is -2.05. The number of methoxy groups -OCH3 is 1. The summed E-state index contributed by atoms with van der Waals surface area (Å²) >= 11 is 3.34. The first-order valence-corrected chi connectivity index (χ1v) is 4.98. The van der Waals surface area contributed by atoms with Crippen LogP contribution in [0.3, 0.4) is 0 Å². The van der Waals surface area contributed by atoms with Crippen LogP contribution in [0, 0.1) is 0 Å². The molecule has 0 saturated heterocycles. The highest BCUT2D eigenvalue weighted by molar-refractivity contribution is 9.10. The van der Waals surface area contributed by atoms with Crippen molar-refractivity contribution in [2.75, 3.05) is 7.11 Å². The first kappa shape index (κ1) is 9.97. The predicted octanol–water partition coefficient (Wildman–Crippen LogP) is 1.54. The van der Waals surface area contributed by atoms with E-state index in [2.05, 4.69) is 31.1 Å². The Morgan fingerprint density at radius 1 is 1.47 bits per heavy atom. The molecule has 0 aliphatic carbocycles. The number of H-pyrrole nitrogens is 2. The lowest BCUT2D eigenvalue weighted by molar-refractivity contribution is 0.416. The molecule has 0 atom stereocenters. The van der Waals surface area contributed by atoms with E-state index < -0.39 is 0 Å². The molecule has 15 heavy (non-hydrogen) atoms. The van der Waals surface area contributed by atoms with Crippen LogP contribution in [0.5, 0.6) is 5.75 Å². The molecule has 0 fully saturated rings. The fraction of sp³-hybridized carbons (Fsp3) is 0.111. The second-order valence-electron chi connectivity index (χ2n) is 2.87. The fourth-order valence-electron chi connectivity index (χ4n) is 1.26. The summed E-state index contributed by atoms with van der Waals surface area (Å²) in [6.45, 7) is 0. The maximum Gasteiger partial charge on any atom is 0.340 e. The molecule has 0 amide bonds. The van der Waals surface area contributed by atoms with Crippen LogP contribution in [0.25, 0.3) is 11.4 Å². The van der Waals surface area contributed by atoms with Crippen molar-refractivity contribution in [3.63, 3.8) is 0 Å². The van der Waals surface area contributed by atoms with Crippen LogP contribution in [-0.4, -0.2) is 22.3 Å². The molecule has 1 aromatic heterocycles. The predicted molar refractivity (Wildman–Crippen MR) is 58.9 cm³/mol. The van der Waals surface area contributed by atoms with Crippen molar-refractivity contribution >= 4 is 15.9 Å². The van der Waals surface area contributed by atoms with Crippen molar-refractivity contribution in [3.8, 4) is 17.1 Å². The number of aromatic amines is 2. The fourth-order valence-corrected chi connectivity index (χ4v) is 1.62. The quantitative estimate of drug-likeness (QED) is 0.869. The minimum atomic E-state index is -0.341. The Bertz CT molecular complexity index is 532. The monoisotopic (exact) mass is 269 g/mol. The van der Waals surface area contributed by atoms with E-state index >= 15 is 0 Å². The zero-order valence-electron chi connectivity index (χ0n) is 7.87. The third kappa shape index (κ3) is 1.94. The number of aromatic nitrogens is 3. The smallest absolute Gasteiger partial charge is 0.340 e. The van der Waals surface area contributed by atoms with Crippen LogP contribution < -0.4 is 10.4 Å². The molecular formula is C9H8BrN3O2. The normalized spacial score (nSPS) is 10.3. The number of ether oxygens (including phenoxy) is 1. The molecule has 0 radical (unpaired) electrons. The number of rotatable bonds is 2. The molecule has 5 nitrogen and oxygen atoms in total. The molecule has 0 unspecified atom stereocenters. The number of halogens is 1. The van der Waals surface area contributed by atoms with E-state index in [0.717, 1.165) is 10.0 Å². The third-order valence-electron chi connectivity index (χ3n) is 1.92. The lowest BCUT2D eigenvalue weighted by Crippen LogP contribution is -2.00. The highest BCUT2D eigenvalue weighted by atomic mass is 79.9. The van der Waals surface area contributed by atoms with Crippen LogP contribution in [0.2, 0.25) is 0 Å². The standard InChI is InChI=1S/C9H8BrN3O2/c1-15-7-3-2-5(10)4-6(7)8-11-9(14)13-12-8/h2-4H,1H3,(H2,11,12,13,14). The number of benzene rings is 1. The van der Waals surface area contributed by atoms with Gasteiger partial charge in [0.25, 0.3) is 0 Å². The molecular weight excluding hydrogens is 262 g/mol. The number of nitrogens with zero attached hydrogens (tertiary/aromatic N) is 1. The van der Waals surface area contributed by atoms with E-state index in [1.165, 1.54) is 0 Å². The zero-order chi connectivity index (χ0) is 10.8. The van der Waals surface area contributed by atoms with Crippen LogP contribution in [0.15, 0.2) is 27.5 Å². The van der Waals surface area contributed by atoms with Gasteiger partial charge in [0, 0.05) is 4.47 Å². The van der Waals surface area contributed by atoms with Crippen molar-refractivity contribution in [2.24, 2.45) is 0 Å². The topological polar surface area (TPSA) is 70.8 Å². The van der Waals surface area contributed by atoms with Gasteiger partial charge in [-0.15, -0.1) is 0 Å². The maximum absolute atomic E-state index is 10.9. The molecule has 0 aliphatic rings. The molecule has 1 aromatic carbocycles. The molecule has 0 saturated carbocycles. The van der Waals surface area contributed by atoms with Gasteiger partial charge in [-0.1, -0.05) is 15.9 Å². The zero-order valence-corrected chi connectivity index (χ0v) is 9.46. The third-order valence-corrected chi connectivity index (χ3v) is 2.41. The number of hydrogen-bond acceptors (Lipinski definition) is 3. The van der Waals surface area contributed by atoms with E-state index in [4.69, 9.17) is 4.74 Å². The van der Waals surface area contributed by atoms with Crippen molar-refractivity contribution in [1.29, 1.82) is 0 Å². The average Bonchev–Trinajstić information content (AvgIpc) is 2.65. The molecule has 2 aromatic rings. The van der Waals surface area contributed by atoms with Crippen LogP contribution in [0.1, 0.15) is 0 Å². The van der Waals surface area contributed by atoms with Gasteiger partial charge in [-0.2, -0.15) is 5.10 Å². The summed E-state index contributed by atoms with van der Waals surface area (Å²) < 4.78 is 6.06. The molecule has 6 heteroatoms. The Kier molecular flexibility index (Phi) is 2.59. The van der Waals surface area contributed by atoms with Crippen molar-refractivity contribution < 1.29 is 4.74 Å². The van der Waals surface area contributed by atoms with Gasteiger partial charge in [0.05, 0.1) is 12.7 Å². The highest BCUT2D eigenvalue weighted by Gasteiger charge is 2.09. The van der Waals surface area contributed by atoms with Gasteiger partial charge in [0.2, 0.25) is 0 Å². The molecule has 0 bridgehead atoms. The maximum atomic E-state index is 10.9. The number of nitrogens with one attached hydrogen (secondary N) is 2. The Hall–Kier alpha value is -1.56. The van der Waals surface area contributed by atoms with Crippen LogP contribution in [-0.2, 0) is 0 Å². The Balaban J connectivity index is 2.59. The second-order valence-corrected chi connectivity index (χ2v) is 3.79. The summed E-state index contributed by atoms with van der Waals surface area (Å²) in [5.41, 5.74) is 0.386. The molecule has 2 N–H and O–H groups in total. The summed E-state index contributed by atoms with van der Waals surface area (Å²) in [7, 11) is 1.57. The van der Waals surface area contributed by atoms with E-state index in [9.17, 15) is 4.79 Å². The van der Waals surface area contributed by atoms with Crippen molar-refractivity contribution in [1.82, 2.24) is 15.2 Å². The summed E-state index contributed by atoms with van der Waals surface area (Å²) in [5.74, 6) is 1.11. The van der Waals surface area contributed by atoms with Gasteiger partial charge < -0.3 is 4.74 Å². The minimum Gasteiger partial charge on any atom is -0.496 e. The lowest BCUT2D eigenvalue weighted by atomic mass is 10.2. The average molecular weight is 270 g/mol. The molecule has 2 rings (SSSR count). The SMILES string of the molecule is COc1ccc(Br)cc1-c1n[nH]c(=O)[nH]1. The van der Waals surface area contributed by atoms with Gasteiger partial charge in [0.1, 0.15) is 5.75 Å². The molecule has 78 valence electrons. The van der Waals surface area contributed by atoms with Crippen LogP contribution >= 0.6 is 15.9 Å². The summed E-state index contributed by atoms with van der Waals surface area (Å²) in [6.07, 6.45) is 0. The Morgan fingerprint density at radius 3 is 2.87 bits per heavy atom. The minimum absolute atomic E-state index is 0.341. The van der Waals surface area contributed by atoms with Crippen LogP contribution in [0.4, 0.5) is 0 Å². The van der Waals surface area contributed by atoms with E-state index in [-0.39, 0.29) is 5.69 Å². The summed E-state index contributed by atoms with van der Waals surface area (Å²) in [4.78, 5) is 13.5. The van der Waals surface area contributed by atoms with Gasteiger partial charge >= 0.3 is 5.69 Å². The summed E-state index contributed by atoms with van der Waals surface area (Å²) in [5, 5.41) is 6.15. The molecule has 0 spiro atoms. The van der Waals surface area contributed by atoms with E-state index in [0.29, 0.717) is 11.6 Å². The van der Waals surface area contributed by atoms with Gasteiger partial charge in [-0.25, -0.2) is 9.89 Å². The van der Waals surface area contributed by atoms with Gasteiger partial charge in [-0.05, 0) is 18.2 Å². The highest BCUT2D eigenvalue weighted by Crippen LogP contribution is 2.29. The van der Waals surface area contributed by atoms with E-state index in [1.54, 1.807) is 13.2 Å². The van der Waals surface area contributed by atoms with Gasteiger partial charge in [-0.3, -0.25) is 4.98 Å². The first-order valence-electron chi connectivity index (χ1n) is 4.19. The Labute approximate surface area is 93.6 Å². The largest absolute Gasteiger partial charge is 0.496 e. The van der Waals surface area contributed by atoms with Gasteiger partial charge in [0.15, 0.2) is 5.82 Å².